The SMILES string of the molecule is C1=Nc2ccc([nH]2)C1. The number of H-pyrrole nitrogens is 1. The summed E-state index contributed by atoms with van der Waals surface area (Å²) in [6, 6.07) is 4.04. The standard InChI is InChI=1S/C6H6N2/c1-2-6-7-4-3-5(1)8-6/h1-2,4,8H,3H2. The Morgan fingerprint density at radius 2 is 2.50 bits per heavy atom. The van der Waals surface area contributed by atoms with Gasteiger partial charge in [0.2, 0.25) is 0 Å². The maximum absolute atomic E-state index is 4.06. The zero-order valence-electron chi connectivity index (χ0n) is 4.39. The molecule has 40 valence electrons. The van der Waals surface area contributed by atoms with Crippen molar-refractivity contribution >= 4 is 12.0 Å². The number of rotatable bonds is 0. The summed E-state index contributed by atoms with van der Waals surface area (Å²) in [6.45, 7) is 0. The van der Waals surface area contributed by atoms with E-state index in [-0.39, 0.29) is 0 Å². The van der Waals surface area contributed by atoms with Gasteiger partial charge in [0, 0.05) is 18.3 Å². The average molecular weight is 106 g/mol. The third kappa shape index (κ3) is 0.397. The maximum Gasteiger partial charge on any atom is 0.129 e. The predicted octanol–water partition coefficient (Wildman–Crippen LogP) is 1.27. The van der Waals surface area contributed by atoms with Crippen LogP contribution in [0.25, 0.3) is 0 Å². The van der Waals surface area contributed by atoms with E-state index in [1.165, 1.54) is 5.69 Å². The van der Waals surface area contributed by atoms with Gasteiger partial charge in [0.25, 0.3) is 0 Å². The summed E-state index contributed by atoms with van der Waals surface area (Å²) in [5.74, 6) is 0.978. The third-order valence-electron chi connectivity index (χ3n) is 1.27. The highest BCUT2D eigenvalue weighted by Gasteiger charge is 1.98. The summed E-state index contributed by atoms with van der Waals surface area (Å²) >= 11 is 0. The lowest BCUT2D eigenvalue weighted by Crippen LogP contribution is -1.88. The molecule has 2 rings (SSSR count). The van der Waals surface area contributed by atoms with Crippen molar-refractivity contribution in [3.05, 3.63) is 17.8 Å². The molecule has 1 N–H and O–H groups in total. The Balaban J connectivity index is 2.66. The predicted molar refractivity (Wildman–Crippen MR) is 32.6 cm³/mol. The number of aliphatic imine (C=N–C) groups is 1. The molecule has 1 aromatic rings. The van der Waals surface area contributed by atoms with Crippen LogP contribution in [-0.2, 0) is 6.42 Å². The molecule has 8 heavy (non-hydrogen) atoms. The lowest BCUT2D eigenvalue weighted by molar-refractivity contribution is 1.15. The van der Waals surface area contributed by atoms with Gasteiger partial charge < -0.3 is 4.98 Å². The molecule has 1 aromatic heterocycles. The van der Waals surface area contributed by atoms with Gasteiger partial charge >= 0.3 is 0 Å². The normalized spacial score (nSPS) is 14.5. The highest BCUT2D eigenvalue weighted by molar-refractivity contribution is 5.67. The molecular formula is C6H6N2. The highest BCUT2D eigenvalue weighted by Crippen LogP contribution is 2.13. The van der Waals surface area contributed by atoms with Gasteiger partial charge in [0.1, 0.15) is 5.82 Å². The fourth-order valence-electron chi connectivity index (χ4n) is 0.864. The molecule has 2 heteroatoms. The van der Waals surface area contributed by atoms with E-state index >= 15 is 0 Å². The summed E-state index contributed by atoms with van der Waals surface area (Å²) in [5, 5.41) is 0. The molecule has 1 aliphatic rings. The van der Waals surface area contributed by atoms with Gasteiger partial charge in [0.15, 0.2) is 0 Å². The van der Waals surface area contributed by atoms with Gasteiger partial charge in [-0.1, -0.05) is 0 Å². The van der Waals surface area contributed by atoms with Gasteiger partial charge in [-0.05, 0) is 12.1 Å². The molecule has 0 spiro atoms. The summed E-state index contributed by atoms with van der Waals surface area (Å²) in [6.07, 6.45) is 2.88. The lowest BCUT2D eigenvalue weighted by atomic mass is 10.3. The van der Waals surface area contributed by atoms with Crippen molar-refractivity contribution in [2.24, 2.45) is 4.99 Å². The van der Waals surface area contributed by atoms with Crippen LogP contribution in [0.2, 0.25) is 0 Å². The fraction of sp³-hybridized carbons (Fsp3) is 0.167. The van der Waals surface area contributed by atoms with Crippen LogP contribution in [0.5, 0.6) is 0 Å². The monoisotopic (exact) mass is 106 g/mol. The first-order valence-corrected chi connectivity index (χ1v) is 2.65. The van der Waals surface area contributed by atoms with Gasteiger partial charge in [-0.2, -0.15) is 0 Å². The van der Waals surface area contributed by atoms with Crippen molar-refractivity contribution in [2.75, 3.05) is 0 Å². The van der Waals surface area contributed by atoms with Gasteiger partial charge in [-0.3, -0.25) is 0 Å². The molecule has 0 saturated carbocycles. The molecule has 2 bridgehead atoms. The smallest absolute Gasteiger partial charge is 0.129 e. The molecule has 2 nitrogen and oxygen atoms in total. The van der Waals surface area contributed by atoms with Crippen LogP contribution < -0.4 is 0 Å². The van der Waals surface area contributed by atoms with Crippen molar-refractivity contribution in [1.82, 2.24) is 4.98 Å². The molecule has 0 saturated heterocycles. The van der Waals surface area contributed by atoms with E-state index < -0.39 is 0 Å². The van der Waals surface area contributed by atoms with Crippen LogP contribution in [0, 0.1) is 0 Å². The van der Waals surface area contributed by atoms with E-state index in [9.17, 15) is 0 Å². The number of aromatic amines is 1. The Labute approximate surface area is 47.3 Å². The van der Waals surface area contributed by atoms with Crippen LogP contribution in [0.1, 0.15) is 5.69 Å². The van der Waals surface area contributed by atoms with E-state index in [0.717, 1.165) is 12.2 Å². The van der Waals surface area contributed by atoms with Gasteiger partial charge in [0.05, 0.1) is 0 Å². The summed E-state index contributed by atoms with van der Waals surface area (Å²) < 4.78 is 0. The minimum Gasteiger partial charge on any atom is -0.343 e. The minimum absolute atomic E-state index is 0.958. The van der Waals surface area contributed by atoms with Crippen molar-refractivity contribution in [2.45, 2.75) is 6.42 Å². The van der Waals surface area contributed by atoms with E-state index in [4.69, 9.17) is 0 Å². The van der Waals surface area contributed by atoms with Crippen LogP contribution in [0.4, 0.5) is 5.82 Å². The summed E-state index contributed by atoms with van der Waals surface area (Å²) in [4.78, 5) is 7.18. The Morgan fingerprint density at radius 1 is 1.50 bits per heavy atom. The van der Waals surface area contributed by atoms with Gasteiger partial charge in [-0.25, -0.2) is 4.99 Å². The second-order valence-electron chi connectivity index (χ2n) is 1.88. The summed E-state index contributed by atoms with van der Waals surface area (Å²) in [5.41, 5.74) is 1.26. The zero-order chi connectivity index (χ0) is 5.40. The van der Waals surface area contributed by atoms with Crippen molar-refractivity contribution in [3.8, 4) is 0 Å². The van der Waals surface area contributed by atoms with Crippen molar-refractivity contribution < 1.29 is 0 Å². The molecule has 0 amide bonds. The van der Waals surface area contributed by atoms with Crippen LogP contribution in [-0.4, -0.2) is 11.2 Å². The Bertz CT molecular complexity index is 222. The van der Waals surface area contributed by atoms with Crippen molar-refractivity contribution in [1.29, 1.82) is 0 Å². The van der Waals surface area contributed by atoms with E-state index in [2.05, 4.69) is 16.0 Å². The second kappa shape index (κ2) is 1.22. The third-order valence-corrected chi connectivity index (χ3v) is 1.27. The average Bonchev–Trinajstić information content (AvgIpc) is 2.12. The first-order valence-electron chi connectivity index (χ1n) is 2.65. The first kappa shape index (κ1) is 3.89. The highest BCUT2D eigenvalue weighted by atomic mass is 14.9. The molecule has 2 heterocycles. The second-order valence-corrected chi connectivity index (χ2v) is 1.88. The summed E-state index contributed by atoms with van der Waals surface area (Å²) in [7, 11) is 0. The molecule has 0 fully saturated rings. The number of nitrogens with zero attached hydrogens (tertiary/aromatic N) is 1. The molecule has 0 unspecified atom stereocenters. The minimum atomic E-state index is 0.958. The molecule has 1 aliphatic heterocycles. The number of nitrogens with one attached hydrogen (secondary N) is 1. The molecule has 0 aliphatic carbocycles. The van der Waals surface area contributed by atoms with Crippen LogP contribution in [0.15, 0.2) is 17.1 Å². The van der Waals surface area contributed by atoms with E-state index in [0.29, 0.717) is 0 Å². The molecular weight excluding hydrogens is 100 g/mol. The lowest BCUT2D eigenvalue weighted by Gasteiger charge is -1.94. The Hall–Kier alpha value is -1.05. The van der Waals surface area contributed by atoms with Gasteiger partial charge in [-0.15, -0.1) is 0 Å². The first-order chi connectivity index (χ1) is 3.95. The Morgan fingerprint density at radius 3 is 3.25 bits per heavy atom. The van der Waals surface area contributed by atoms with Crippen LogP contribution in [0.3, 0.4) is 0 Å². The molecule has 0 atom stereocenters. The topological polar surface area (TPSA) is 28.1 Å². The maximum atomic E-state index is 4.06. The molecule has 0 aromatic carbocycles. The number of hydrogen-bond acceptors (Lipinski definition) is 1. The number of hydrogen-bond donors (Lipinski definition) is 1. The zero-order valence-corrected chi connectivity index (χ0v) is 4.39. The Kier molecular flexibility index (Phi) is 0.592. The van der Waals surface area contributed by atoms with E-state index in [1.807, 2.05) is 12.3 Å². The van der Waals surface area contributed by atoms with Crippen molar-refractivity contribution in [3.63, 3.8) is 0 Å². The number of aromatic nitrogens is 1. The number of fused-ring (bicyclic) bond motifs is 2. The van der Waals surface area contributed by atoms with E-state index in [1.54, 1.807) is 0 Å². The molecule has 0 radical (unpaired) electrons. The quantitative estimate of drug-likeness (QED) is 0.516. The fourth-order valence-corrected chi connectivity index (χ4v) is 0.864. The van der Waals surface area contributed by atoms with Crippen LogP contribution >= 0.6 is 0 Å². The largest absolute Gasteiger partial charge is 0.343 e.